The molecule has 0 spiro atoms. The Labute approximate surface area is 118 Å². The minimum absolute atomic E-state index is 0.163. The van der Waals surface area contributed by atoms with E-state index in [1.54, 1.807) is 0 Å². The number of nitrogen functional groups attached to an aromatic ring is 1. The van der Waals surface area contributed by atoms with E-state index >= 15 is 0 Å². The molecule has 0 bridgehead atoms. The zero-order chi connectivity index (χ0) is 14.4. The highest BCUT2D eigenvalue weighted by Crippen LogP contribution is 2.27. The number of carbonyl (C=O) groups is 1. The summed E-state index contributed by atoms with van der Waals surface area (Å²) in [5.74, 6) is 0.140. The van der Waals surface area contributed by atoms with Gasteiger partial charge in [-0.25, -0.2) is 4.98 Å². The second-order valence-electron chi connectivity index (χ2n) is 4.62. The minimum atomic E-state index is -0.163. The van der Waals surface area contributed by atoms with Gasteiger partial charge in [0.05, 0.1) is 0 Å². The Morgan fingerprint density at radius 1 is 1.53 bits per heavy atom. The van der Waals surface area contributed by atoms with Gasteiger partial charge in [-0.3, -0.25) is 4.79 Å². The van der Waals surface area contributed by atoms with Crippen molar-refractivity contribution in [2.24, 2.45) is 0 Å². The summed E-state index contributed by atoms with van der Waals surface area (Å²) in [6.45, 7) is 7.49. The molecule has 0 aliphatic carbocycles. The lowest BCUT2D eigenvalue weighted by Crippen LogP contribution is -2.23. The highest BCUT2D eigenvalue weighted by molar-refractivity contribution is 7.18. The standard InChI is InChI=1S/C13H22N4OS/c1-5-8-17(4)13-16-11(14)10(19-13)12(18)15-7-6-9(2)3/h6H,5,7-8,14H2,1-4H3,(H,15,18). The molecule has 6 heteroatoms. The highest BCUT2D eigenvalue weighted by atomic mass is 32.1. The van der Waals surface area contributed by atoms with Crippen LogP contribution >= 0.6 is 11.3 Å². The maximum atomic E-state index is 12.0. The van der Waals surface area contributed by atoms with Crippen molar-refractivity contribution in [2.45, 2.75) is 27.2 Å². The van der Waals surface area contributed by atoms with Gasteiger partial charge in [0.1, 0.15) is 10.7 Å². The van der Waals surface area contributed by atoms with E-state index in [4.69, 9.17) is 5.73 Å². The van der Waals surface area contributed by atoms with E-state index in [1.807, 2.05) is 31.9 Å². The molecule has 0 saturated heterocycles. The number of nitrogens with one attached hydrogen (secondary N) is 1. The smallest absolute Gasteiger partial charge is 0.265 e. The number of allylic oxidation sites excluding steroid dienone is 1. The molecule has 0 fully saturated rings. The van der Waals surface area contributed by atoms with Crippen molar-refractivity contribution in [1.29, 1.82) is 0 Å². The summed E-state index contributed by atoms with van der Waals surface area (Å²) in [5, 5.41) is 3.60. The summed E-state index contributed by atoms with van der Waals surface area (Å²) in [6.07, 6.45) is 2.98. The normalized spacial score (nSPS) is 10.1. The van der Waals surface area contributed by atoms with Crippen molar-refractivity contribution in [1.82, 2.24) is 10.3 Å². The highest BCUT2D eigenvalue weighted by Gasteiger charge is 2.17. The number of nitrogens with two attached hydrogens (primary N) is 1. The van der Waals surface area contributed by atoms with Crippen LogP contribution in [0.25, 0.3) is 0 Å². The van der Waals surface area contributed by atoms with Crippen LogP contribution in [-0.2, 0) is 0 Å². The number of hydrogen-bond donors (Lipinski definition) is 2. The predicted octanol–water partition coefficient (Wildman–Crippen LogP) is 2.27. The number of anilines is 2. The predicted molar refractivity (Wildman–Crippen MR) is 81.9 cm³/mol. The first-order chi connectivity index (χ1) is 8.95. The maximum absolute atomic E-state index is 12.0. The van der Waals surface area contributed by atoms with Crippen molar-refractivity contribution in [3.05, 3.63) is 16.5 Å². The lowest BCUT2D eigenvalue weighted by atomic mass is 10.3. The summed E-state index contributed by atoms with van der Waals surface area (Å²) >= 11 is 1.33. The van der Waals surface area contributed by atoms with Gasteiger partial charge in [0.15, 0.2) is 5.13 Å². The van der Waals surface area contributed by atoms with E-state index in [-0.39, 0.29) is 5.91 Å². The number of hydrogen-bond acceptors (Lipinski definition) is 5. The Kier molecular flexibility index (Phi) is 5.82. The Bertz CT molecular complexity index is 463. The fraction of sp³-hybridized carbons (Fsp3) is 0.538. The lowest BCUT2D eigenvalue weighted by Gasteiger charge is -2.13. The fourth-order valence-corrected chi connectivity index (χ4v) is 2.39. The molecule has 0 aliphatic rings. The van der Waals surface area contributed by atoms with Crippen LogP contribution < -0.4 is 16.0 Å². The quantitative estimate of drug-likeness (QED) is 0.785. The maximum Gasteiger partial charge on any atom is 0.265 e. The Balaban J connectivity index is 2.72. The molecule has 5 nitrogen and oxygen atoms in total. The average molecular weight is 282 g/mol. The van der Waals surface area contributed by atoms with Gasteiger partial charge in [0.2, 0.25) is 0 Å². The molecular weight excluding hydrogens is 260 g/mol. The molecule has 1 aromatic heterocycles. The molecule has 106 valence electrons. The zero-order valence-corrected chi connectivity index (χ0v) is 12.8. The molecule has 3 N–H and O–H groups in total. The van der Waals surface area contributed by atoms with E-state index in [9.17, 15) is 4.79 Å². The number of carbonyl (C=O) groups excluding carboxylic acids is 1. The number of rotatable bonds is 6. The molecule has 1 heterocycles. The molecule has 0 aliphatic heterocycles. The van der Waals surface area contributed by atoms with Gasteiger partial charge >= 0.3 is 0 Å². The number of nitrogens with zero attached hydrogens (tertiary/aromatic N) is 2. The third kappa shape index (κ3) is 4.55. The van der Waals surface area contributed by atoms with Crippen LogP contribution in [0.15, 0.2) is 11.6 Å². The number of aromatic nitrogens is 1. The second kappa shape index (κ2) is 7.13. The monoisotopic (exact) mass is 282 g/mol. The molecule has 0 aromatic carbocycles. The molecule has 0 atom stereocenters. The van der Waals surface area contributed by atoms with E-state index in [2.05, 4.69) is 17.2 Å². The molecule has 1 aromatic rings. The van der Waals surface area contributed by atoms with Crippen LogP contribution in [0.3, 0.4) is 0 Å². The van der Waals surface area contributed by atoms with Crippen LogP contribution in [0.1, 0.15) is 36.9 Å². The molecule has 0 saturated carbocycles. The topological polar surface area (TPSA) is 71.2 Å². The molecular formula is C13H22N4OS. The fourth-order valence-electron chi connectivity index (χ4n) is 1.51. The second-order valence-corrected chi connectivity index (χ2v) is 5.60. The van der Waals surface area contributed by atoms with Crippen molar-refractivity contribution >= 4 is 28.2 Å². The lowest BCUT2D eigenvalue weighted by molar-refractivity contribution is 0.0962. The van der Waals surface area contributed by atoms with E-state index in [1.165, 1.54) is 16.9 Å². The molecule has 0 radical (unpaired) electrons. The zero-order valence-electron chi connectivity index (χ0n) is 12.0. The largest absolute Gasteiger partial charge is 0.382 e. The molecule has 0 unspecified atom stereocenters. The summed E-state index contributed by atoms with van der Waals surface area (Å²) < 4.78 is 0. The SMILES string of the molecule is CCCN(C)c1nc(N)c(C(=O)NCC=C(C)C)s1. The van der Waals surface area contributed by atoms with Gasteiger partial charge in [-0.1, -0.05) is 29.9 Å². The molecule has 1 amide bonds. The van der Waals surface area contributed by atoms with Crippen molar-refractivity contribution in [2.75, 3.05) is 30.8 Å². The van der Waals surface area contributed by atoms with E-state index in [0.29, 0.717) is 17.2 Å². The Hall–Kier alpha value is -1.56. The van der Waals surface area contributed by atoms with Crippen LogP contribution in [0.5, 0.6) is 0 Å². The van der Waals surface area contributed by atoms with Crippen LogP contribution in [0, 0.1) is 0 Å². The summed E-state index contributed by atoms with van der Waals surface area (Å²) in [4.78, 5) is 18.7. The van der Waals surface area contributed by atoms with Gasteiger partial charge in [0, 0.05) is 20.1 Å². The average Bonchev–Trinajstić information content (AvgIpc) is 2.71. The number of thiazole rings is 1. The first kappa shape index (κ1) is 15.5. The van der Waals surface area contributed by atoms with E-state index < -0.39 is 0 Å². The van der Waals surface area contributed by atoms with Gasteiger partial charge < -0.3 is 16.0 Å². The van der Waals surface area contributed by atoms with Crippen LogP contribution in [0.2, 0.25) is 0 Å². The summed E-state index contributed by atoms with van der Waals surface area (Å²) in [5.41, 5.74) is 6.97. The van der Waals surface area contributed by atoms with Crippen LogP contribution in [0.4, 0.5) is 10.9 Å². The molecule has 1 rings (SSSR count). The number of amides is 1. The summed E-state index contributed by atoms with van der Waals surface area (Å²) in [7, 11) is 1.95. The van der Waals surface area contributed by atoms with Crippen LogP contribution in [-0.4, -0.2) is 31.0 Å². The van der Waals surface area contributed by atoms with E-state index in [0.717, 1.165) is 18.1 Å². The minimum Gasteiger partial charge on any atom is -0.382 e. The first-order valence-electron chi connectivity index (χ1n) is 6.34. The van der Waals surface area contributed by atoms with Gasteiger partial charge in [-0.2, -0.15) is 0 Å². The van der Waals surface area contributed by atoms with Crippen molar-refractivity contribution in [3.63, 3.8) is 0 Å². The Morgan fingerprint density at radius 2 is 2.21 bits per heavy atom. The summed E-state index contributed by atoms with van der Waals surface area (Å²) in [6, 6.07) is 0. The van der Waals surface area contributed by atoms with Gasteiger partial charge in [-0.15, -0.1) is 0 Å². The first-order valence-corrected chi connectivity index (χ1v) is 7.16. The van der Waals surface area contributed by atoms with Crippen molar-refractivity contribution < 1.29 is 4.79 Å². The van der Waals surface area contributed by atoms with Gasteiger partial charge in [0.25, 0.3) is 5.91 Å². The van der Waals surface area contributed by atoms with Gasteiger partial charge in [-0.05, 0) is 20.3 Å². The third-order valence-electron chi connectivity index (χ3n) is 2.51. The Morgan fingerprint density at radius 3 is 2.79 bits per heavy atom. The molecule has 19 heavy (non-hydrogen) atoms. The van der Waals surface area contributed by atoms with Crippen molar-refractivity contribution in [3.8, 4) is 0 Å². The third-order valence-corrected chi connectivity index (χ3v) is 3.69.